The van der Waals surface area contributed by atoms with E-state index in [1.54, 1.807) is 0 Å². The molecule has 0 spiro atoms. The van der Waals surface area contributed by atoms with Crippen molar-refractivity contribution in [1.82, 2.24) is 0 Å². The summed E-state index contributed by atoms with van der Waals surface area (Å²) >= 11 is 0. The van der Waals surface area contributed by atoms with E-state index >= 15 is 0 Å². The molecule has 74 heavy (non-hydrogen) atoms. The van der Waals surface area contributed by atoms with Gasteiger partial charge in [0.25, 0.3) is 0 Å². The van der Waals surface area contributed by atoms with Crippen LogP contribution in [0.5, 0.6) is 0 Å². The molecule has 0 saturated heterocycles. The lowest BCUT2D eigenvalue weighted by molar-refractivity contribution is -0.131. The number of Topliss-reactive ketones (excluding diaryl/α,β-unsaturated/α-hetero) is 8. The van der Waals surface area contributed by atoms with Crippen molar-refractivity contribution >= 4 is 46.3 Å². The summed E-state index contributed by atoms with van der Waals surface area (Å²) in [5.41, 5.74) is -1.87. The van der Waals surface area contributed by atoms with Gasteiger partial charge in [-0.25, -0.2) is 0 Å². The second kappa shape index (κ2) is 37.2. The molecular weight excluding hydrogens is 921 g/mol. The van der Waals surface area contributed by atoms with Crippen LogP contribution in [0.25, 0.3) is 0 Å². The Bertz CT molecular complexity index is 1500. The van der Waals surface area contributed by atoms with Crippen molar-refractivity contribution in [3.8, 4) is 0 Å². The fourth-order valence-corrected chi connectivity index (χ4v) is 7.06. The van der Waals surface area contributed by atoms with E-state index in [0.717, 1.165) is 64.2 Å². The van der Waals surface area contributed by atoms with Gasteiger partial charge < -0.3 is 0 Å². The van der Waals surface area contributed by atoms with Gasteiger partial charge in [0.15, 0.2) is 0 Å². The average Bonchev–Trinajstić information content (AvgIpc) is 3.22. The van der Waals surface area contributed by atoms with E-state index in [0.29, 0.717) is 61.7 Å². The summed E-state index contributed by atoms with van der Waals surface area (Å²) < 4.78 is 0. The number of hydrogen-bond donors (Lipinski definition) is 0. The minimum Gasteiger partial charge on any atom is -0.299 e. The van der Waals surface area contributed by atoms with Crippen LogP contribution < -0.4 is 0 Å². The highest BCUT2D eigenvalue weighted by Gasteiger charge is 2.27. The molecule has 0 aromatic carbocycles. The van der Waals surface area contributed by atoms with Crippen LogP contribution in [0, 0.1) is 43.3 Å². The zero-order valence-corrected chi connectivity index (χ0v) is 53.7. The number of carbonyl (C=O) groups is 8. The molecular formula is C66H124O8. The quantitative estimate of drug-likeness (QED) is 0.0649. The molecule has 0 fully saturated rings. The maximum Gasteiger partial charge on any atom is 0.138 e. The molecule has 8 heteroatoms. The molecule has 0 unspecified atom stereocenters. The first kappa shape index (κ1) is 77.9. The SMILES string of the molecule is CC(C)(C)C(=O)CCC(=O)C(C)(C)C.CC(C)(C)C(=O)CCCCC(=O)C(C)(C)C.CC(C)(C)C(=O)CCCCCCC(=O)C(C)(C)C.CC(C)(C)C(=O)CCCCCCCCCCCCCCC(=O)C(C)(C)C. The third-order valence-corrected chi connectivity index (χ3v) is 13.4. The summed E-state index contributed by atoms with van der Waals surface area (Å²) in [7, 11) is 0. The summed E-state index contributed by atoms with van der Waals surface area (Å²) in [4.78, 5) is 93.3. The Kier molecular flexibility index (Phi) is 39.2. The first-order valence-corrected chi connectivity index (χ1v) is 29.5. The Morgan fingerprint density at radius 3 is 0.338 bits per heavy atom. The minimum absolute atomic E-state index is 0.162. The van der Waals surface area contributed by atoms with Gasteiger partial charge in [0.05, 0.1) is 0 Å². The van der Waals surface area contributed by atoms with Gasteiger partial charge in [0.2, 0.25) is 0 Å². The number of carbonyl (C=O) groups excluding carboxylic acids is 8. The van der Waals surface area contributed by atoms with Crippen LogP contribution >= 0.6 is 0 Å². The zero-order valence-electron chi connectivity index (χ0n) is 53.7. The first-order chi connectivity index (χ1) is 33.2. The summed E-state index contributed by atoms with van der Waals surface area (Å²) in [5, 5.41) is 0. The molecule has 0 radical (unpaired) electrons. The highest BCUT2D eigenvalue weighted by atomic mass is 16.2. The highest BCUT2D eigenvalue weighted by molar-refractivity contribution is 5.91. The van der Waals surface area contributed by atoms with E-state index in [2.05, 4.69) is 0 Å². The summed E-state index contributed by atoms with van der Waals surface area (Å²) in [6.45, 7) is 46.9. The average molecular weight is 1050 g/mol. The Balaban J connectivity index is -0.000000455. The Hall–Kier alpha value is -2.64. The van der Waals surface area contributed by atoms with Crippen LogP contribution in [-0.4, -0.2) is 46.3 Å². The number of rotatable bonds is 30. The second-order valence-corrected chi connectivity index (χ2v) is 29.7. The van der Waals surface area contributed by atoms with E-state index in [9.17, 15) is 38.4 Å². The van der Waals surface area contributed by atoms with Crippen molar-refractivity contribution in [2.24, 2.45) is 43.3 Å². The molecule has 0 aliphatic rings. The van der Waals surface area contributed by atoms with Gasteiger partial charge in [-0.15, -0.1) is 0 Å². The smallest absolute Gasteiger partial charge is 0.138 e. The topological polar surface area (TPSA) is 137 Å². The zero-order chi connectivity index (χ0) is 59.0. The summed E-state index contributed by atoms with van der Waals surface area (Å²) in [6, 6.07) is 0. The van der Waals surface area contributed by atoms with E-state index < -0.39 is 0 Å². The molecule has 0 heterocycles. The molecule has 0 bridgehead atoms. The Morgan fingerprint density at radius 2 is 0.230 bits per heavy atom. The third kappa shape index (κ3) is 46.6. The number of ketones is 8. The van der Waals surface area contributed by atoms with Crippen molar-refractivity contribution in [3.05, 3.63) is 0 Å². The number of unbranched alkanes of at least 4 members (excludes halogenated alkanes) is 15. The predicted molar refractivity (Wildman–Crippen MR) is 316 cm³/mol. The Morgan fingerprint density at radius 1 is 0.149 bits per heavy atom. The molecule has 0 rings (SSSR count). The minimum atomic E-state index is -0.321. The monoisotopic (exact) mass is 1040 g/mol. The molecule has 0 aromatic rings. The van der Waals surface area contributed by atoms with E-state index in [1.165, 1.54) is 64.2 Å². The van der Waals surface area contributed by atoms with Crippen LogP contribution in [0.3, 0.4) is 0 Å². The third-order valence-electron chi connectivity index (χ3n) is 13.4. The summed E-state index contributed by atoms with van der Waals surface area (Å²) in [6.07, 6.45) is 25.6. The first-order valence-electron chi connectivity index (χ1n) is 29.5. The van der Waals surface area contributed by atoms with Crippen LogP contribution in [0.4, 0.5) is 0 Å². The largest absolute Gasteiger partial charge is 0.299 e. The van der Waals surface area contributed by atoms with Gasteiger partial charge in [0.1, 0.15) is 46.3 Å². The van der Waals surface area contributed by atoms with Crippen LogP contribution in [0.1, 0.15) is 333 Å². The van der Waals surface area contributed by atoms with Crippen LogP contribution in [-0.2, 0) is 38.4 Å². The van der Waals surface area contributed by atoms with Crippen molar-refractivity contribution in [1.29, 1.82) is 0 Å². The van der Waals surface area contributed by atoms with Crippen molar-refractivity contribution in [2.45, 2.75) is 333 Å². The Labute approximate surface area is 459 Å². The standard InChI is InChI=1S/C24H46O2.C16H30O2.C14H26O2.C12H22O2/c1-23(2,3)21(25)19-17-15-13-11-9-7-8-10-12-14-16-18-20-22(26)24(4,5)6;1-15(2,3)13(17)11-9-7-8-10-12-14(18)16(4,5)6;1-13(2,3)11(15)9-7-8-10-12(16)14(4,5)6;1-11(2,3)9(13)7-8-10(14)12(4,5)6/h7-20H2,1-6H3;7-12H2,1-6H3;7-10H2,1-6H3;7-8H2,1-6H3. The molecule has 0 saturated carbocycles. The predicted octanol–water partition coefficient (Wildman–Crippen LogP) is 19.0. The second-order valence-electron chi connectivity index (χ2n) is 29.7. The fraction of sp³-hybridized carbons (Fsp3) is 0.879. The molecule has 436 valence electrons. The molecule has 0 aliphatic carbocycles. The van der Waals surface area contributed by atoms with E-state index in [1.807, 2.05) is 166 Å². The van der Waals surface area contributed by atoms with E-state index in [4.69, 9.17) is 0 Å². The van der Waals surface area contributed by atoms with Gasteiger partial charge in [-0.3, -0.25) is 38.4 Å². The normalized spacial score (nSPS) is 12.5. The highest BCUT2D eigenvalue weighted by Crippen LogP contribution is 2.26. The van der Waals surface area contributed by atoms with Gasteiger partial charge in [-0.1, -0.05) is 243 Å². The van der Waals surface area contributed by atoms with Crippen LogP contribution in [0.15, 0.2) is 0 Å². The van der Waals surface area contributed by atoms with E-state index in [-0.39, 0.29) is 66.5 Å². The fourth-order valence-electron chi connectivity index (χ4n) is 7.06. The summed E-state index contributed by atoms with van der Waals surface area (Å²) in [5.74, 6) is 2.39. The number of hydrogen-bond acceptors (Lipinski definition) is 8. The van der Waals surface area contributed by atoms with Crippen molar-refractivity contribution in [2.75, 3.05) is 0 Å². The van der Waals surface area contributed by atoms with Gasteiger partial charge in [-0.2, -0.15) is 0 Å². The molecule has 0 N–H and O–H groups in total. The lowest BCUT2D eigenvalue weighted by atomic mass is 9.83. The lowest BCUT2D eigenvalue weighted by Gasteiger charge is -2.19. The maximum absolute atomic E-state index is 11.8. The molecule has 8 nitrogen and oxygen atoms in total. The van der Waals surface area contributed by atoms with Crippen molar-refractivity contribution < 1.29 is 38.4 Å². The van der Waals surface area contributed by atoms with Gasteiger partial charge in [0, 0.05) is 94.7 Å². The molecule has 0 aliphatic heterocycles. The van der Waals surface area contributed by atoms with Crippen LogP contribution in [0.2, 0.25) is 0 Å². The maximum atomic E-state index is 11.8. The van der Waals surface area contributed by atoms with Gasteiger partial charge >= 0.3 is 0 Å². The molecule has 0 atom stereocenters. The van der Waals surface area contributed by atoms with Crippen molar-refractivity contribution in [3.63, 3.8) is 0 Å². The molecule has 0 amide bonds. The lowest BCUT2D eigenvalue weighted by Crippen LogP contribution is -2.24. The van der Waals surface area contributed by atoms with Gasteiger partial charge in [-0.05, 0) is 38.5 Å². The molecule has 0 aromatic heterocycles.